The standard InChI is InChI=1S/C5H6N4OS/c10-4-9(11)8-5-1-2-6-3-7-5/h1-4,11H,(H,6,7,8). The molecule has 0 aromatic carbocycles. The van der Waals surface area contributed by atoms with Gasteiger partial charge in [0.2, 0.25) is 6.41 Å². The van der Waals surface area contributed by atoms with Gasteiger partial charge in [-0.1, -0.05) is 0 Å². The highest BCUT2D eigenvalue weighted by Gasteiger charge is 1.93. The summed E-state index contributed by atoms with van der Waals surface area (Å²) in [7, 11) is 0. The fourth-order valence-electron chi connectivity index (χ4n) is 0.501. The molecule has 11 heavy (non-hydrogen) atoms. The Balaban J connectivity index is 2.57. The number of nitrogens with zero attached hydrogens (tertiary/aromatic N) is 3. The van der Waals surface area contributed by atoms with Gasteiger partial charge in [-0.15, -0.1) is 0 Å². The van der Waals surface area contributed by atoms with E-state index in [2.05, 4.69) is 28.2 Å². The quantitative estimate of drug-likeness (QED) is 0.384. The molecule has 0 saturated heterocycles. The molecule has 1 aromatic heterocycles. The number of amides is 1. The first-order chi connectivity index (χ1) is 5.33. The van der Waals surface area contributed by atoms with Gasteiger partial charge in [0, 0.05) is 12.3 Å². The molecule has 1 heterocycles. The van der Waals surface area contributed by atoms with E-state index in [4.69, 9.17) is 0 Å². The van der Waals surface area contributed by atoms with Gasteiger partial charge in [0.25, 0.3) is 0 Å². The molecule has 1 rings (SSSR count). The highest BCUT2D eigenvalue weighted by molar-refractivity contribution is 7.78. The van der Waals surface area contributed by atoms with E-state index in [0.717, 1.165) is 4.41 Å². The molecule has 0 radical (unpaired) electrons. The van der Waals surface area contributed by atoms with Crippen LogP contribution in [0.1, 0.15) is 0 Å². The zero-order chi connectivity index (χ0) is 8.10. The summed E-state index contributed by atoms with van der Waals surface area (Å²) in [6, 6.07) is 1.62. The lowest BCUT2D eigenvalue weighted by molar-refractivity contribution is -0.113. The summed E-state index contributed by atoms with van der Waals surface area (Å²) in [5, 5.41) is 0. The van der Waals surface area contributed by atoms with Gasteiger partial charge in [-0.25, -0.2) is 9.97 Å². The second-order valence-electron chi connectivity index (χ2n) is 1.66. The van der Waals surface area contributed by atoms with Crippen molar-refractivity contribution in [3.8, 4) is 0 Å². The molecule has 1 aromatic rings. The molecule has 0 unspecified atom stereocenters. The molecule has 0 atom stereocenters. The molecular formula is C5H6N4OS. The average molecular weight is 170 g/mol. The van der Waals surface area contributed by atoms with Crippen molar-refractivity contribution in [2.45, 2.75) is 0 Å². The van der Waals surface area contributed by atoms with Crippen LogP contribution in [0.15, 0.2) is 18.6 Å². The Kier molecular flexibility index (Phi) is 2.67. The smallest absolute Gasteiger partial charge is 0.238 e. The highest BCUT2D eigenvalue weighted by atomic mass is 32.1. The van der Waals surface area contributed by atoms with Gasteiger partial charge in [0.05, 0.1) is 0 Å². The summed E-state index contributed by atoms with van der Waals surface area (Å²) < 4.78 is 0.961. The molecule has 0 spiro atoms. The molecule has 0 fully saturated rings. The van der Waals surface area contributed by atoms with E-state index in [1.807, 2.05) is 0 Å². The van der Waals surface area contributed by atoms with E-state index >= 15 is 0 Å². The van der Waals surface area contributed by atoms with Gasteiger partial charge < -0.3 is 0 Å². The summed E-state index contributed by atoms with van der Waals surface area (Å²) >= 11 is 3.74. The number of aromatic nitrogens is 2. The normalized spacial score (nSPS) is 8.82. The lowest BCUT2D eigenvalue weighted by Crippen LogP contribution is -2.18. The Morgan fingerprint density at radius 3 is 3.09 bits per heavy atom. The monoisotopic (exact) mass is 170 g/mol. The van der Waals surface area contributed by atoms with Gasteiger partial charge in [0.15, 0.2) is 0 Å². The molecule has 58 valence electrons. The van der Waals surface area contributed by atoms with Crippen molar-refractivity contribution in [3.63, 3.8) is 0 Å². The zero-order valence-corrected chi connectivity index (χ0v) is 6.40. The minimum Gasteiger partial charge on any atom is -0.276 e. The molecule has 0 aliphatic carbocycles. The van der Waals surface area contributed by atoms with Gasteiger partial charge in [-0.05, 0) is 12.8 Å². The van der Waals surface area contributed by atoms with Crippen molar-refractivity contribution in [1.82, 2.24) is 14.4 Å². The molecule has 0 bridgehead atoms. The Morgan fingerprint density at radius 1 is 1.73 bits per heavy atom. The number of thiol groups is 1. The first kappa shape index (κ1) is 7.80. The molecule has 1 N–H and O–H groups in total. The predicted octanol–water partition coefficient (Wildman–Crippen LogP) is 0.107. The van der Waals surface area contributed by atoms with Crippen molar-refractivity contribution < 1.29 is 4.79 Å². The molecular weight excluding hydrogens is 164 g/mol. The van der Waals surface area contributed by atoms with Crippen LogP contribution in [0, 0.1) is 0 Å². The third kappa shape index (κ3) is 2.42. The molecule has 1 amide bonds. The van der Waals surface area contributed by atoms with Crippen LogP contribution in [-0.2, 0) is 4.79 Å². The van der Waals surface area contributed by atoms with E-state index < -0.39 is 0 Å². The van der Waals surface area contributed by atoms with E-state index in [9.17, 15) is 4.79 Å². The lowest BCUT2D eigenvalue weighted by atomic mass is 10.6. The summed E-state index contributed by atoms with van der Waals surface area (Å²) in [5.74, 6) is 0.516. The summed E-state index contributed by atoms with van der Waals surface area (Å²) in [6.45, 7) is 0. The number of carbonyl (C=O) groups is 1. The van der Waals surface area contributed by atoms with Crippen LogP contribution in [0.25, 0.3) is 0 Å². The lowest BCUT2D eigenvalue weighted by Gasteiger charge is -2.09. The second kappa shape index (κ2) is 3.77. The number of nitrogens with one attached hydrogen (secondary N) is 1. The second-order valence-corrected chi connectivity index (χ2v) is 2.09. The number of hydrogen-bond donors (Lipinski definition) is 2. The Hall–Kier alpha value is -1.30. The third-order valence-electron chi connectivity index (χ3n) is 0.911. The minimum atomic E-state index is 0.516. The van der Waals surface area contributed by atoms with Crippen LogP contribution < -0.4 is 5.43 Å². The summed E-state index contributed by atoms with van der Waals surface area (Å²) in [6.07, 6.45) is 3.45. The minimum absolute atomic E-state index is 0.516. The number of anilines is 1. The Morgan fingerprint density at radius 2 is 2.55 bits per heavy atom. The maximum atomic E-state index is 10.1. The van der Waals surface area contributed by atoms with Crippen molar-refractivity contribution in [3.05, 3.63) is 18.6 Å². The van der Waals surface area contributed by atoms with E-state index in [1.54, 1.807) is 12.3 Å². The van der Waals surface area contributed by atoms with Crippen LogP contribution >= 0.6 is 12.8 Å². The highest BCUT2D eigenvalue weighted by Crippen LogP contribution is 1.99. The van der Waals surface area contributed by atoms with Crippen LogP contribution in [-0.4, -0.2) is 20.8 Å². The molecule has 6 heteroatoms. The average Bonchev–Trinajstić information content (AvgIpc) is 2.06. The molecule has 0 saturated carbocycles. The topological polar surface area (TPSA) is 58.1 Å². The first-order valence-corrected chi connectivity index (χ1v) is 3.19. The van der Waals surface area contributed by atoms with E-state index in [0.29, 0.717) is 12.2 Å². The third-order valence-corrected chi connectivity index (χ3v) is 1.11. The van der Waals surface area contributed by atoms with Crippen LogP contribution in [0.4, 0.5) is 5.82 Å². The van der Waals surface area contributed by atoms with Gasteiger partial charge in [0.1, 0.15) is 12.1 Å². The van der Waals surface area contributed by atoms with Gasteiger partial charge in [-0.3, -0.25) is 10.2 Å². The van der Waals surface area contributed by atoms with Gasteiger partial charge >= 0.3 is 0 Å². The van der Waals surface area contributed by atoms with Crippen LogP contribution in [0.3, 0.4) is 0 Å². The maximum absolute atomic E-state index is 10.1. The fraction of sp³-hybridized carbons (Fsp3) is 0. The fourth-order valence-corrected chi connectivity index (χ4v) is 0.603. The van der Waals surface area contributed by atoms with Gasteiger partial charge in [-0.2, -0.15) is 4.41 Å². The van der Waals surface area contributed by atoms with Crippen molar-refractivity contribution in [2.75, 3.05) is 5.43 Å². The number of hydrazine groups is 1. The molecule has 0 aliphatic rings. The number of carbonyl (C=O) groups excluding carboxylic acids is 1. The van der Waals surface area contributed by atoms with Crippen molar-refractivity contribution in [2.24, 2.45) is 0 Å². The number of hydrogen-bond acceptors (Lipinski definition) is 5. The molecule has 5 nitrogen and oxygen atoms in total. The van der Waals surface area contributed by atoms with Crippen LogP contribution in [0.2, 0.25) is 0 Å². The van der Waals surface area contributed by atoms with E-state index in [1.165, 1.54) is 6.33 Å². The maximum Gasteiger partial charge on any atom is 0.238 e. The number of rotatable bonds is 3. The summed E-state index contributed by atoms with van der Waals surface area (Å²) in [5.41, 5.74) is 2.57. The largest absolute Gasteiger partial charge is 0.276 e. The van der Waals surface area contributed by atoms with E-state index in [-0.39, 0.29) is 0 Å². The predicted molar refractivity (Wildman–Crippen MR) is 42.5 cm³/mol. The SMILES string of the molecule is O=CN(S)Nc1ccncn1. The first-order valence-electron chi connectivity index (χ1n) is 2.79. The van der Waals surface area contributed by atoms with Crippen molar-refractivity contribution >= 4 is 25.0 Å². The summed E-state index contributed by atoms with van der Waals surface area (Å²) in [4.78, 5) is 17.5. The van der Waals surface area contributed by atoms with Crippen molar-refractivity contribution in [1.29, 1.82) is 0 Å². The van der Waals surface area contributed by atoms with Crippen LogP contribution in [0.5, 0.6) is 0 Å². The molecule has 0 aliphatic heterocycles. The Labute approximate surface area is 69.0 Å². The Bertz CT molecular complexity index is 229. The zero-order valence-electron chi connectivity index (χ0n) is 5.51.